The molecule has 0 saturated carbocycles. The van der Waals surface area contributed by atoms with E-state index in [1.807, 2.05) is 32.0 Å². The zero-order valence-corrected chi connectivity index (χ0v) is 8.28. The topological polar surface area (TPSA) is 25.8 Å². The highest BCUT2D eigenvalue weighted by atomic mass is 15.1. The molecule has 0 atom stereocenters. The van der Waals surface area contributed by atoms with E-state index in [0.717, 1.165) is 10.9 Å². The molecule has 0 N–H and O–H groups in total. The highest BCUT2D eigenvalue weighted by Crippen LogP contribution is 2.10. The van der Waals surface area contributed by atoms with E-state index >= 15 is 0 Å². The fourth-order valence-electron chi connectivity index (χ4n) is 1.11. The van der Waals surface area contributed by atoms with Gasteiger partial charge in [0.1, 0.15) is 0 Å². The van der Waals surface area contributed by atoms with Crippen molar-refractivity contribution >= 4 is 10.9 Å². The quantitative estimate of drug-likeness (QED) is 0.613. The van der Waals surface area contributed by atoms with Crippen LogP contribution < -0.4 is 0 Å². The third-order valence-electron chi connectivity index (χ3n) is 1.67. The Morgan fingerprint density at radius 2 is 1.85 bits per heavy atom. The molecule has 1 heterocycles. The Bertz CT molecular complexity index is 383. The first-order valence-electron chi connectivity index (χ1n) is 4.54. The van der Waals surface area contributed by atoms with E-state index in [2.05, 4.69) is 23.2 Å². The molecule has 0 aliphatic carbocycles. The summed E-state index contributed by atoms with van der Waals surface area (Å²) < 4.78 is 0. The van der Waals surface area contributed by atoms with E-state index in [1.165, 1.54) is 5.56 Å². The third-order valence-corrected chi connectivity index (χ3v) is 1.67. The maximum Gasteiger partial charge on any atom is 0.0929 e. The molecule has 13 heavy (non-hydrogen) atoms. The molecule has 1 aromatic heterocycles. The van der Waals surface area contributed by atoms with Crippen LogP contribution in [0.2, 0.25) is 0 Å². The van der Waals surface area contributed by atoms with Crippen molar-refractivity contribution < 1.29 is 0 Å². The molecular formula is C11H14N2. The second-order valence-corrected chi connectivity index (χ2v) is 2.59. The highest BCUT2D eigenvalue weighted by Gasteiger charge is 1.91. The van der Waals surface area contributed by atoms with Crippen LogP contribution in [0.3, 0.4) is 0 Å². The summed E-state index contributed by atoms with van der Waals surface area (Å²) in [5.74, 6) is 0. The van der Waals surface area contributed by atoms with Crippen molar-refractivity contribution in [3.63, 3.8) is 0 Å². The maximum atomic E-state index is 3.97. The highest BCUT2D eigenvalue weighted by molar-refractivity contribution is 5.78. The van der Waals surface area contributed by atoms with Crippen molar-refractivity contribution in [3.8, 4) is 0 Å². The predicted octanol–water partition coefficient (Wildman–Crippen LogP) is 2.96. The van der Waals surface area contributed by atoms with Gasteiger partial charge in [0.05, 0.1) is 11.7 Å². The van der Waals surface area contributed by atoms with Crippen LogP contribution in [0.15, 0.2) is 30.5 Å². The van der Waals surface area contributed by atoms with Crippen molar-refractivity contribution in [2.75, 3.05) is 0 Å². The van der Waals surface area contributed by atoms with Gasteiger partial charge in [0.2, 0.25) is 0 Å². The monoisotopic (exact) mass is 174 g/mol. The van der Waals surface area contributed by atoms with Crippen LogP contribution in [0, 0.1) is 6.92 Å². The SMILES string of the molecule is CC.Cc1ccc2nnccc2c1. The van der Waals surface area contributed by atoms with Gasteiger partial charge in [-0.25, -0.2) is 0 Å². The van der Waals surface area contributed by atoms with Gasteiger partial charge in [0, 0.05) is 5.39 Å². The van der Waals surface area contributed by atoms with Crippen molar-refractivity contribution in [3.05, 3.63) is 36.0 Å². The lowest BCUT2D eigenvalue weighted by molar-refractivity contribution is 1.08. The molecular weight excluding hydrogens is 160 g/mol. The van der Waals surface area contributed by atoms with Gasteiger partial charge in [-0.15, -0.1) is 0 Å². The van der Waals surface area contributed by atoms with Crippen LogP contribution in [0.5, 0.6) is 0 Å². The standard InChI is InChI=1S/C9H8N2.C2H6/c1-7-2-3-9-8(6-7)4-5-10-11-9;1-2/h2-6H,1H3;1-2H3. The molecule has 2 rings (SSSR count). The molecule has 2 heteroatoms. The van der Waals surface area contributed by atoms with Crippen LogP contribution in [0.25, 0.3) is 10.9 Å². The molecule has 0 aliphatic rings. The largest absolute Gasteiger partial charge is 0.159 e. The number of aryl methyl sites for hydroxylation is 1. The van der Waals surface area contributed by atoms with Crippen LogP contribution >= 0.6 is 0 Å². The summed E-state index contributed by atoms with van der Waals surface area (Å²) >= 11 is 0. The zero-order valence-electron chi connectivity index (χ0n) is 8.28. The Balaban J connectivity index is 0.000000396. The second kappa shape index (κ2) is 4.55. The molecule has 0 fully saturated rings. The average molecular weight is 174 g/mol. The molecule has 1 aromatic carbocycles. The zero-order chi connectivity index (χ0) is 9.68. The molecule has 0 bridgehead atoms. The lowest BCUT2D eigenvalue weighted by Gasteiger charge is -1.95. The predicted molar refractivity (Wildman–Crippen MR) is 55.6 cm³/mol. The summed E-state index contributed by atoms with van der Waals surface area (Å²) in [5.41, 5.74) is 2.21. The van der Waals surface area contributed by atoms with Gasteiger partial charge < -0.3 is 0 Å². The van der Waals surface area contributed by atoms with Gasteiger partial charge in [0.25, 0.3) is 0 Å². The van der Waals surface area contributed by atoms with Crippen molar-refractivity contribution in [1.82, 2.24) is 10.2 Å². The maximum absolute atomic E-state index is 3.97. The van der Waals surface area contributed by atoms with E-state index < -0.39 is 0 Å². The fourth-order valence-corrected chi connectivity index (χ4v) is 1.11. The lowest BCUT2D eigenvalue weighted by Crippen LogP contribution is -1.81. The number of benzene rings is 1. The van der Waals surface area contributed by atoms with Crippen molar-refractivity contribution in [1.29, 1.82) is 0 Å². The number of rotatable bonds is 0. The first kappa shape index (κ1) is 9.65. The Morgan fingerprint density at radius 3 is 2.62 bits per heavy atom. The summed E-state index contributed by atoms with van der Waals surface area (Å²) in [6, 6.07) is 8.09. The van der Waals surface area contributed by atoms with Gasteiger partial charge in [-0.3, -0.25) is 0 Å². The van der Waals surface area contributed by atoms with Gasteiger partial charge in [0.15, 0.2) is 0 Å². The minimum absolute atomic E-state index is 0.957. The molecule has 2 aromatic rings. The number of nitrogens with zero attached hydrogens (tertiary/aromatic N) is 2. The Hall–Kier alpha value is -1.44. The van der Waals surface area contributed by atoms with Crippen LogP contribution in [-0.2, 0) is 0 Å². The minimum Gasteiger partial charge on any atom is -0.159 e. The van der Waals surface area contributed by atoms with Gasteiger partial charge in [-0.05, 0) is 25.1 Å². The summed E-state index contributed by atoms with van der Waals surface area (Å²) in [7, 11) is 0. The van der Waals surface area contributed by atoms with Crippen LogP contribution in [0.1, 0.15) is 19.4 Å². The van der Waals surface area contributed by atoms with E-state index in [9.17, 15) is 0 Å². The first-order valence-corrected chi connectivity index (χ1v) is 4.54. The molecule has 0 unspecified atom stereocenters. The Labute approximate surface area is 78.6 Å². The van der Waals surface area contributed by atoms with E-state index in [4.69, 9.17) is 0 Å². The Morgan fingerprint density at radius 1 is 1.08 bits per heavy atom. The van der Waals surface area contributed by atoms with Crippen molar-refractivity contribution in [2.24, 2.45) is 0 Å². The molecule has 2 nitrogen and oxygen atoms in total. The second-order valence-electron chi connectivity index (χ2n) is 2.59. The van der Waals surface area contributed by atoms with E-state index in [0.29, 0.717) is 0 Å². The smallest absolute Gasteiger partial charge is 0.0929 e. The van der Waals surface area contributed by atoms with Gasteiger partial charge in [-0.2, -0.15) is 10.2 Å². The van der Waals surface area contributed by atoms with Crippen molar-refractivity contribution in [2.45, 2.75) is 20.8 Å². The molecule has 0 saturated heterocycles. The van der Waals surface area contributed by atoms with Gasteiger partial charge in [-0.1, -0.05) is 25.5 Å². The summed E-state index contributed by atoms with van der Waals surface area (Å²) in [6.45, 7) is 6.07. The van der Waals surface area contributed by atoms with Crippen LogP contribution in [0.4, 0.5) is 0 Å². The van der Waals surface area contributed by atoms with E-state index in [1.54, 1.807) is 6.20 Å². The number of fused-ring (bicyclic) bond motifs is 1. The Kier molecular flexibility index (Phi) is 3.38. The molecule has 0 radical (unpaired) electrons. The first-order chi connectivity index (χ1) is 6.36. The number of hydrogen-bond acceptors (Lipinski definition) is 2. The summed E-state index contributed by atoms with van der Waals surface area (Å²) in [4.78, 5) is 0. The van der Waals surface area contributed by atoms with Crippen LogP contribution in [-0.4, -0.2) is 10.2 Å². The average Bonchev–Trinajstić information content (AvgIpc) is 2.21. The van der Waals surface area contributed by atoms with E-state index in [-0.39, 0.29) is 0 Å². The minimum atomic E-state index is 0.957. The molecule has 68 valence electrons. The molecule has 0 amide bonds. The molecule has 0 spiro atoms. The number of aromatic nitrogens is 2. The molecule has 0 aliphatic heterocycles. The van der Waals surface area contributed by atoms with Gasteiger partial charge >= 0.3 is 0 Å². The fraction of sp³-hybridized carbons (Fsp3) is 0.273. The third kappa shape index (κ3) is 2.25. The number of hydrogen-bond donors (Lipinski definition) is 0. The summed E-state index contributed by atoms with van der Waals surface area (Å²) in [5, 5.41) is 8.92. The lowest BCUT2D eigenvalue weighted by atomic mass is 10.2. The normalized spacial score (nSPS) is 9.15. The summed E-state index contributed by atoms with van der Waals surface area (Å²) in [6.07, 6.45) is 1.71.